The third kappa shape index (κ3) is 2.67. The molecule has 0 fully saturated rings. The third-order valence-electron chi connectivity index (χ3n) is 3.23. The van der Waals surface area contributed by atoms with Crippen molar-refractivity contribution in [3.63, 3.8) is 0 Å². The number of hydrogen-bond donors (Lipinski definition) is 0. The summed E-state index contributed by atoms with van der Waals surface area (Å²) >= 11 is 5.80. The summed E-state index contributed by atoms with van der Waals surface area (Å²) in [4.78, 5) is 0.229. The molecule has 0 saturated carbocycles. The van der Waals surface area contributed by atoms with Crippen LogP contribution in [-0.4, -0.2) is 15.5 Å². The van der Waals surface area contributed by atoms with Gasteiger partial charge in [-0.1, -0.05) is 29.8 Å². The Morgan fingerprint density at radius 2 is 1.45 bits per heavy atom. The minimum atomic E-state index is -3.58. The summed E-state index contributed by atoms with van der Waals surface area (Å²) < 4.78 is 26.6. The van der Waals surface area contributed by atoms with E-state index in [0.717, 1.165) is 11.1 Å². The highest BCUT2D eigenvalue weighted by molar-refractivity contribution is 7.92. The van der Waals surface area contributed by atoms with Crippen molar-refractivity contribution in [2.24, 2.45) is 0 Å². The summed E-state index contributed by atoms with van der Waals surface area (Å²) in [6.45, 7) is 3.80. The number of halogens is 1. The van der Waals surface area contributed by atoms with Gasteiger partial charge in [-0.2, -0.15) is 0 Å². The van der Waals surface area contributed by atoms with Crippen molar-refractivity contribution in [2.75, 3.05) is 11.4 Å². The molecule has 2 aromatic rings. The van der Waals surface area contributed by atoms with Crippen LogP contribution in [0.1, 0.15) is 11.1 Å². The molecule has 0 aliphatic carbocycles. The Morgan fingerprint density at radius 1 is 0.950 bits per heavy atom. The largest absolute Gasteiger partial charge is 0.269 e. The van der Waals surface area contributed by atoms with Crippen LogP contribution in [0.2, 0.25) is 5.02 Å². The third-order valence-corrected chi connectivity index (χ3v) is 5.25. The van der Waals surface area contributed by atoms with E-state index in [9.17, 15) is 8.42 Å². The molecule has 0 aliphatic rings. The van der Waals surface area contributed by atoms with Crippen LogP contribution in [-0.2, 0) is 10.0 Å². The Hall–Kier alpha value is -1.52. The zero-order valence-corrected chi connectivity index (χ0v) is 13.2. The fourth-order valence-electron chi connectivity index (χ4n) is 2.19. The highest BCUT2D eigenvalue weighted by Crippen LogP contribution is 2.28. The quantitative estimate of drug-likeness (QED) is 0.865. The summed E-state index contributed by atoms with van der Waals surface area (Å²) in [6, 6.07) is 11.9. The average Bonchev–Trinajstić information content (AvgIpc) is 2.38. The lowest BCUT2D eigenvalue weighted by Gasteiger charge is -2.23. The fourth-order valence-corrected chi connectivity index (χ4v) is 3.64. The van der Waals surface area contributed by atoms with E-state index in [1.54, 1.807) is 19.2 Å². The molecule has 0 aliphatic heterocycles. The number of hydrogen-bond acceptors (Lipinski definition) is 2. The average molecular weight is 310 g/mol. The first-order valence-electron chi connectivity index (χ1n) is 6.15. The Morgan fingerprint density at radius 3 is 1.95 bits per heavy atom. The van der Waals surface area contributed by atoms with E-state index in [1.807, 2.05) is 32.0 Å². The van der Waals surface area contributed by atoms with E-state index in [4.69, 9.17) is 11.6 Å². The lowest BCUT2D eigenvalue weighted by atomic mass is 10.1. The number of anilines is 1. The van der Waals surface area contributed by atoms with Crippen molar-refractivity contribution in [2.45, 2.75) is 18.7 Å². The van der Waals surface area contributed by atoms with Gasteiger partial charge in [-0.25, -0.2) is 8.42 Å². The molecule has 0 heterocycles. The zero-order valence-electron chi connectivity index (χ0n) is 11.6. The smallest absolute Gasteiger partial charge is 0.264 e. The van der Waals surface area contributed by atoms with Crippen molar-refractivity contribution >= 4 is 27.3 Å². The van der Waals surface area contributed by atoms with Crippen molar-refractivity contribution < 1.29 is 8.42 Å². The summed E-state index contributed by atoms with van der Waals surface area (Å²) in [5, 5.41) is 0.513. The van der Waals surface area contributed by atoms with Crippen molar-refractivity contribution in [1.82, 2.24) is 0 Å². The molecule has 0 N–H and O–H groups in total. The lowest BCUT2D eigenvalue weighted by Crippen LogP contribution is -2.27. The van der Waals surface area contributed by atoms with Crippen LogP contribution in [0, 0.1) is 13.8 Å². The number of nitrogens with zero attached hydrogens (tertiary/aromatic N) is 1. The Kier molecular flexibility index (Phi) is 4.06. The van der Waals surface area contributed by atoms with Crippen LogP contribution >= 0.6 is 11.6 Å². The van der Waals surface area contributed by atoms with Gasteiger partial charge < -0.3 is 0 Å². The number of sulfonamides is 1. The maximum Gasteiger partial charge on any atom is 0.264 e. The van der Waals surface area contributed by atoms with Crippen molar-refractivity contribution in [3.8, 4) is 0 Å². The van der Waals surface area contributed by atoms with Gasteiger partial charge in [0.05, 0.1) is 10.6 Å². The molecule has 0 spiro atoms. The molecule has 0 unspecified atom stereocenters. The highest BCUT2D eigenvalue weighted by Gasteiger charge is 2.23. The van der Waals surface area contributed by atoms with Gasteiger partial charge in [-0.05, 0) is 49.2 Å². The first-order chi connectivity index (χ1) is 9.34. The second kappa shape index (κ2) is 5.46. The SMILES string of the molecule is Cc1cccc(C)c1N(C)S(=O)(=O)c1ccc(Cl)cc1. The molecular formula is C15H16ClNO2S. The van der Waals surface area contributed by atoms with Gasteiger partial charge in [0.2, 0.25) is 0 Å². The van der Waals surface area contributed by atoms with E-state index in [-0.39, 0.29) is 4.90 Å². The van der Waals surface area contributed by atoms with Crippen LogP contribution < -0.4 is 4.31 Å². The predicted molar refractivity (Wildman–Crippen MR) is 83.0 cm³/mol. The van der Waals surface area contributed by atoms with E-state index in [2.05, 4.69) is 0 Å². The van der Waals surface area contributed by atoms with Gasteiger partial charge in [0.15, 0.2) is 0 Å². The van der Waals surface area contributed by atoms with Crippen LogP contribution in [0.4, 0.5) is 5.69 Å². The Bertz CT molecular complexity index is 704. The monoisotopic (exact) mass is 309 g/mol. The van der Waals surface area contributed by atoms with Gasteiger partial charge in [-0.15, -0.1) is 0 Å². The molecule has 0 amide bonds. The van der Waals surface area contributed by atoms with Crippen LogP contribution in [0.5, 0.6) is 0 Å². The summed E-state index contributed by atoms with van der Waals surface area (Å²) in [6.07, 6.45) is 0. The Balaban J connectivity index is 2.52. The molecule has 0 atom stereocenters. The molecule has 0 aromatic heterocycles. The second-order valence-electron chi connectivity index (χ2n) is 4.67. The maximum absolute atomic E-state index is 12.6. The molecule has 5 heteroatoms. The van der Waals surface area contributed by atoms with Crippen LogP contribution in [0.15, 0.2) is 47.4 Å². The predicted octanol–water partition coefficient (Wildman–Crippen LogP) is 3.78. The summed E-state index contributed by atoms with van der Waals surface area (Å²) in [7, 11) is -2.01. The summed E-state index contributed by atoms with van der Waals surface area (Å²) in [5.41, 5.74) is 2.55. The van der Waals surface area contributed by atoms with Gasteiger partial charge >= 0.3 is 0 Å². The van der Waals surface area contributed by atoms with E-state index in [0.29, 0.717) is 10.7 Å². The number of benzene rings is 2. The molecular weight excluding hydrogens is 294 g/mol. The minimum Gasteiger partial charge on any atom is -0.269 e. The number of aryl methyl sites for hydroxylation is 2. The molecule has 2 rings (SSSR count). The maximum atomic E-state index is 12.6. The van der Waals surface area contributed by atoms with Crippen molar-refractivity contribution in [3.05, 3.63) is 58.6 Å². The van der Waals surface area contributed by atoms with E-state index >= 15 is 0 Å². The molecule has 0 radical (unpaired) electrons. The van der Waals surface area contributed by atoms with Gasteiger partial charge in [-0.3, -0.25) is 4.31 Å². The van der Waals surface area contributed by atoms with E-state index in [1.165, 1.54) is 16.4 Å². The van der Waals surface area contributed by atoms with Crippen LogP contribution in [0.3, 0.4) is 0 Å². The van der Waals surface area contributed by atoms with Gasteiger partial charge in [0.25, 0.3) is 10.0 Å². The number of rotatable bonds is 3. The molecule has 0 saturated heterocycles. The normalized spacial score (nSPS) is 11.4. The standard InChI is InChI=1S/C15H16ClNO2S/c1-11-5-4-6-12(2)15(11)17(3)20(18,19)14-9-7-13(16)8-10-14/h4-10H,1-3H3. The van der Waals surface area contributed by atoms with E-state index < -0.39 is 10.0 Å². The first-order valence-corrected chi connectivity index (χ1v) is 7.96. The molecule has 3 nitrogen and oxygen atoms in total. The Labute approximate surface area is 124 Å². The highest BCUT2D eigenvalue weighted by atomic mass is 35.5. The lowest BCUT2D eigenvalue weighted by molar-refractivity contribution is 0.594. The van der Waals surface area contributed by atoms with Gasteiger partial charge in [0.1, 0.15) is 0 Å². The molecule has 20 heavy (non-hydrogen) atoms. The molecule has 106 valence electrons. The minimum absolute atomic E-state index is 0.229. The molecule has 0 bridgehead atoms. The second-order valence-corrected chi connectivity index (χ2v) is 7.07. The fraction of sp³-hybridized carbons (Fsp3) is 0.200. The summed E-state index contributed by atoms with van der Waals surface area (Å²) in [5.74, 6) is 0. The van der Waals surface area contributed by atoms with Gasteiger partial charge in [0, 0.05) is 12.1 Å². The molecule has 2 aromatic carbocycles. The van der Waals surface area contributed by atoms with Crippen LogP contribution in [0.25, 0.3) is 0 Å². The van der Waals surface area contributed by atoms with Crippen molar-refractivity contribution in [1.29, 1.82) is 0 Å². The number of para-hydroxylation sites is 1. The first kappa shape index (κ1) is 14.9. The topological polar surface area (TPSA) is 37.4 Å². The zero-order chi connectivity index (χ0) is 14.9.